The van der Waals surface area contributed by atoms with Crippen molar-refractivity contribution in [2.24, 2.45) is 0 Å². The van der Waals surface area contributed by atoms with Crippen molar-refractivity contribution in [1.82, 2.24) is 14.5 Å². The number of hydrogen-bond acceptors (Lipinski definition) is 3. The fourth-order valence-electron chi connectivity index (χ4n) is 3.27. The van der Waals surface area contributed by atoms with Gasteiger partial charge in [0.15, 0.2) is 0 Å². The van der Waals surface area contributed by atoms with E-state index in [2.05, 4.69) is 22.6 Å². The van der Waals surface area contributed by atoms with Gasteiger partial charge in [-0.1, -0.05) is 0 Å². The molecule has 1 saturated heterocycles. The molecule has 1 unspecified atom stereocenters. The molecule has 0 saturated carbocycles. The van der Waals surface area contributed by atoms with Crippen LogP contribution in [0, 0.1) is 0 Å². The van der Waals surface area contributed by atoms with Crippen LogP contribution in [0.5, 0.6) is 5.75 Å². The van der Waals surface area contributed by atoms with Gasteiger partial charge in [0.2, 0.25) is 0 Å². The van der Waals surface area contributed by atoms with Crippen LogP contribution in [0.15, 0.2) is 18.2 Å². The summed E-state index contributed by atoms with van der Waals surface area (Å²) in [7, 11) is 3.89. The number of benzene rings is 1. The summed E-state index contributed by atoms with van der Waals surface area (Å²) < 4.78 is 7.76. The number of likely N-dealkylation sites (N-methyl/N-ethyl adjacent to an activating group) is 1. The number of hydrogen-bond donors (Lipinski definition) is 0. The van der Waals surface area contributed by atoms with Gasteiger partial charge in [-0.25, -0.2) is 4.98 Å². The molecule has 0 bridgehead atoms. The smallest absolute Gasteiger partial charge is 0.121 e. The molecular formula is C16H22ClN3O. The van der Waals surface area contributed by atoms with Gasteiger partial charge in [0.05, 0.1) is 18.1 Å². The third-order valence-electron chi connectivity index (χ3n) is 4.25. The molecule has 3 rings (SSSR count). The summed E-state index contributed by atoms with van der Waals surface area (Å²) in [4.78, 5) is 7.18. The maximum atomic E-state index is 5.97. The minimum Gasteiger partial charge on any atom is -0.497 e. The Morgan fingerprint density at radius 1 is 1.43 bits per heavy atom. The highest BCUT2D eigenvalue weighted by Crippen LogP contribution is 2.30. The monoisotopic (exact) mass is 307 g/mol. The highest BCUT2D eigenvalue weighted by Gasteiger charge is 2.23. The number of halogens is 1. The maximum Gasteiger partial charge on any atom is 0.121 e. The minimum absolute atomic E-state index is 0.471. The standard InChI is InChI=1S/C16H22ClN3O/c1-19-9-3-4-12(11-19)20-15-10-13(21-2)5-6-14(15)18-16(20)7-8-17/h5-6,10,12H,3-4,7-9,11H2,1-2H3. The van der Waals surface area contributed by atoms with Crippen molar-refractivity contribution >= 4 is 22.6 Å². The van der Waals surface area contributed by atoms with Gasteiger partial charge in [-0.3, -0.25) is 0 Å². The number of aromatic nitrogens is 2. The first-order valence-electron chi connectivity index (χ1n) is 7.52. The van der Waals surface area contributed by atoms with Gasteiger partial charge < -0.3 is 14.2 Å². The fraction of sp³-hybridized carbons (Fsp3) is 0.562. The Hall–Kier alpha value is -1.26. The predicted molar refractivity (Wildman–Crippen MR) is 86.5 cm³/mol. The van der Waals surface area contributed by atoms with Crippen molar-refractivity contribution in [3.63, 3.8) is 0 Å². The molecule has 5 heteroatoms. The van der Waals surface area contributed by atoms with Crippen molar-refractivity contribution in [3.05, 3.63) is 24.0 Å². The molecule has 1 aliphatic rings. The third kappa shape index (κ3) is 2.87. The van der Waals surface area contributed by atoms with Crippen LogP contribution < -0.4 is 4.74 Å². The van der Waals surface area contributed by atoms with Crippen LogP contribution in [-0.2, 0) is 6.42 Å². The molecule has 21 heavy (non-hydrogen) atoms. The van der Waals surface area contributed by atoms with Crippen LogP contribution in [0.4, 0.5) is 0 Å². The number of methoxy groups -OCH3 is 1. The van der Waals surface area contributed by atoms with Crippen LogP contribution in [0.3, 0.4) is 0 Å². The van der Waals surface area contributed by atoms with E-state index >= 15 is 0 Å². The molecule has 114 valence electrons. The normalized spacial score (nSPS) is 20.0. The van der Waals surface area contributed by atoms with Crippen LogP contribution in [0.2, 0.25) is 0 Å². The number of rotatable bonds is 4. The molecule has 0 spiro atoms. The Morgan fingerprint density at radius 2 is 2.29 bits per heavy atom. The number of fused-ring (bicyclic) bond motifs is 1. The largest absolute Gasteiger partial charge is 0.497 e. The van der Waals surface area contributed by atoms with Crippen molar-refractivity contribution < 1.29 is 4.74 Å². The van der Waals surface area contributed by atoms with Crippen molar-refractivity contribution in [2.45, 2.75) is 25.3 Å². The summed E-state index contributed by atoms with van der Waals surface area (Å²) in [6.07, 6.45) is 3.23. The van der Waals surface area contributed by atoms with Crippen LogP contribution in [0.1, 0.15) is 24.7 Å². The number of likely N-dealkylation sites (tertiary alicyclic amines) is 1. The molecule has 1 aliphatic heterocycles. The lowest BCUT2D eigenvalue weighted by Gasteiger charge is -2.32. The van der Waals surface area contributed by atoms with E-state index in [4.69, 9.17) is 21.3 Å². The number of nitrogens with zero attached hydrogens (tertiary/aromatic N) is 3. The Balaban J connectivity index is 2.09. The van der Waals surface area contributed by atoms with E-state index in [0.29, 0.717) is 11.9 Å². The molecule has 2 aromatic rings. The summed E-state index contributed by atoms with van der Waals surface area (Å²) >= 11 is 5.97. The van der Waals surface area contributed by atoms with E-state index in [9.17, 15) is 0 Å². The van der Waals surface area contributed by atoms with Crippen LogP contribution >= 0.6 is 11.6 Å². The highest BCUT2D eigenvalue weighted by atomic mass is 35.5. The van der Waals surface area contributed by atoms with Crippen molar-refractivity contribution in [1.29, 1.82) is 0 Å². The number of aryl methyl sites for hydroxylation is 1. The molecule has 0 amide bonds. The van der Waals surface area contributed by atoms with E-state index in [1.165, 1.54) is 19.4 Å². The van der Waals surface area contributed by atoms with Gasteiger partial charge in [0.25, 0.3) is 0 Å². The van der Waals surface area contributed by atoms with Gasteiger partial charge in [0, 0.05) is 31.0 Å². The van der Waals surface area contributed by atoms with Crippen molar-refractivity contribution in [2.75, 3.05) is 33.1 Å². The summed E-state index contributed by atoms with van der Waals surface area (Å²) in [6.45, 7) is 2.25. The molecule has 0 radical (unpaired) electrons. The zero-order valence-corrected chi connectivity index (χ0v) is 13.4. The van der Waals surface area contributed by atoms with Gasteiger partial charge in [-0.05, 0) is 38.6 Å². The summed E-state index contributed by atoms with van der Waals surface area (Å²) in [6, 6.07) is 6.57. The van der Waals surface area contributed by atoms with Gasteiger partial charge in [-0.15, -0.1) is 11.6 Å². The predicted octanol–water partition coefficient (Wildman–Crippen LogP) is 3.09. The lowest BCUT2D eigenvalue weighted by molar-refractivity contribution is 0.212. The maximum absolute atomic E-state index is 5.97. The minimum atomic E-state index is 0.471. The lowest BCUT2D eigenvalue weighted by atomic mass is 10.1. The molecule has 4 nitrogen and oxygen atoms in total. The molecule has 0 N–H and O–H groups in total. The van der Waals surface area contributed by atoms with E-state index < -0.39 is 0 Å². The first-order valence-corrected chi connectivity index (χ1v) is 8.05. The molecule has 0 aliphatic carbocycles. The second-order valence-electron chi connectivity index (χ2n) is 5.75. The molecule has 1 atom stereocenters. The summed E-state index contributed by atoms with van der Waals surface area (Å²) in [5, 5.41) is 0. The van der Waals surface area contributed by atoms with E-state index in [1.54, 1.807) is 7.11 Å². The van der Waals surface area contributed by atoms with Crippen LogP contribution in [-0.4, -0.2) is 47.6 Å². The second kappa shape index (κ2) is 6.24. The molecule has 1 aromatic carbocycles. The van der Waals surface area contributed by atoms with E-state index in [0.717, 1.165) is 35.6 Å². The van der Waals surface area contributed by atoms with Gasteiger partial charge in [-0.2, -0.15) is 0 Å². The van der Waals surface area contributed by atoms with Gasteiger partial charge >= 0.3 is 0 Å². The summed E-state index contributed by atoms with van der Waals surface area (Å²) in [5.74, 6) is 2.57. The molecule has 1 aromatic heterocycles. The SMILES string of the molecule is COc1ccc2nc(CCCl)n(C3CCCN(C)C3)c2c1. The number of ether oxygens (including phenoxy) is 1. The number of alkyl halides is 1. The second-order valence-corrected chi connectivity index (χ2v) is 6.13. The quantitative estimate of drug-likeness (QED) is 0.813. The van der Waals surface area contributed by atoms with E-state index in [-0.39, 0.29) is 0 Å². The van der Waals surface area contributed by atoms with Crippen molar-refractivity contribution in [3.8, 4) is 5.75 Å². The molecule has 1 fully saturated rings. The Morgan fingerprint density at radius 3 is 3.00 bits per heavy atom. The third-order valence-corrected chi connectivity index (χ3v) is 4.44. The number of imidazole rings is 1. The zero-order valence-electron chi connectivity index (χ0n) is 12.7. The number of piperidine rings is 1. The first-order chi connectivity index (χ1) is 10.2. The topological polar surface area (TPSA) is 30.3 Å². The summed E-state index contributed by atoms with van der Waals surface area (Å²) in [5.41, 5.74) is 2.19. The average Bonchev–Trinajstić information content (AvgIpc) is 2.84. The Bertz CT molecular complexity index is 625. The highest BCUT2D eigenvalue weighted by molar-refractivity contribution is 6.17. The lowest BCUT2D eigenvalue weighted by Crippen LogP contribution is -2.34. The average molecular weight is 308 g/mol. The van der Waals surface area contributed by atoms with Gasteiger partial charge in [0.1, 0.15) is 11.6 Å². The Kier molecular flexibility index (Phi) is 4.36. The van der Waals surface area contributed by atoms with Crippen LogP contribution in [0.25, 0.3) is 11.0 Å². The molecule has 2 heterocycles. The van der Waals surface area contributed by atoms with E-state index in [1.807, 2.05) is 12.1 Å². The molecular weight excluding hydrogens is 286 g/mol. The first kappa shape index (κ1) is 14.7. The fourth-order valence-corrected chi connectivity index (χ4v) is 3.44. The zero-order chi connectivity index (χ0) is 14.8. The Labute approximate surface area is 130 Å².